The van der Waals surface area contributed by atoms with Gasteiger partial charge in [0.25, 0.3) is 0 Å². The van der Waals surface area contributed by atoms with Crippen molar-refractivity contribution in [2.24, 2.45) is 0 Å². The first-order chi connectivity index (χ1) is 34.3. The molecule has 0 spiro atoms. The number of nitriles is 6. The van der Waals surface area contributed by atoms with E-state index in [0.717, 1.165) is 6.07 Å². The average molecular weight is 1030 g/mol. The normalized spacial score (nSPS) is 10.1. The van der Waals surface area contributed by atoms with Gasteiger partial charge in [-0.15, -0.1) is 0 Å². The molecule has 0 amide bonds. The predicted molar refractivity (Wildman–Crippen MR) is 269 cm³/mol. The van der Waals surface area contributed by atoms with E-state index in [0.29, 0.717) is 43.8 Å². The molecule has 0 saturated carbocycles. The van der Waals surface area contributed by atoms with Crippen LogP contribution in [-0.4, -0.2) is 34.6 Å². The Hall–Kier alpha value is -8.67. The second kappa shape index (κ2) is 26.3. The molecule has 0 saturated heterocycles. The van der Waals surface area contributed by atoms with Crippen molar-refractivity contribution in [3.05, 3.63) is 139 Å². The van der Waals surface area contributed by atoms with E-state index < -0.39 is 11.5 Å². The summed E-state index contributed by atoms with van der Waals surface area (Å²) in [5.41, 5.74) is 0.224. The zero-order chi connectivity index (χ0) is 53.2. The third kappa shape index (κ3) is 15.2. The lowest BCUT2D eigenvalue weighted by molar-refractivity contribution is 0.197. The maximum atomic E-state index is 9.72. The van der Waals surface area contributed by atoms with Gasteiger partial charge in [-0.3, -0.25) is 0 Å². The van der Waals surface area contributed by atoms with Crippen LogP contribution in [0.4, 0.5) is 0 Å². The summed E-state index contributed by atoms with van der Waals surface area (Å²) in [6.45, 7) is 14.8. The molecule has 18 heteroatoms. The van der Waals surface area contributed by atoms with Gasteiger partial charge in [0.05, 0.1) is 41.1 Å². The predicted octanol–water partition coefficient (Wildman–Crippen LogP) is 14.2. The van der Waals surface area contributed by atoms with E-state index in [4.69, 9.17) is 78.5 Å². The highest BCUT2D eigenvalue weighted by Gasteiger charge is 2.26. The number of ether oxygens (including phenoxy) is 7. The van der Waals surface area contributed by atoms with E-state index in [9.17, 15) is 31.3 Å². The molecule has 0 radical (unpaired) electrons. The van der Waals surface area contributed by atoms with Gasteiger partial charge >= 0.3 is 0 Å². The van der Waals surface area contributed by atoms with Crippen LogP contribution in [0.1, 0.15) is 88.8 Å². The fraction of sp³-hybridized carbons (Fsp3) is 0.222. The van der Waals surface area contributed by atoms with Gasteiger partial charge in [-0.25, -0.2) is 0 Å². The third-order valence-electron chi connectivity index (χ3n) is 8.86. The molecule has 2 N–H and O–H groups in total. The van der Waals surface area contributed by atoms with Gasteiger partial charge in [0.15, 0.2) is 51.7 Å². The first-order valence-corrected chi connectivity index (χ1v) is 22.8. The standard InChI is InChI=1S/2C20H19ClN2O3.C14H7ClN2O3/c2*1-12(2)24-18-9-14(10-22)19(17(11-23)20(18)25-13(3)4)26-16-7-5-15(21)6-8-16;15-9-1-3-10(4-2-9)20-14-8(6-16)5-12(18)13(19)11(14)7-17/h2*5-9,12-13H,1-4H3;1-5,18-19H. The molecule has 366 valence electrons. The van der Waals surface area contributed by atoms with Crippen molar-refractivity contribution in [1.29, 1.82) is 31.6 Å². The van der Waals surface area contributed by atoms with E-state index in [-0.39, 0.29) is 86.5 Å². The largest absolute Gasteiger partial charge is 0.504 e. The average Bonchev–Trinajstić information content (AvgIpc) is 3.33. The second-order valence-electron chi connectivity index (χ2n) is 15.9. The lowest BCUT2D eigenvalue weighted by Gasteiger charge is -2.20. The Bertz CT molecular complexity index is 2990. The first kappa shape index (κ1) is 55.9. The summed E-state index contributed by atoms with van der Waals surface area (Å²) in [4.78, 5) is 0. The number of hydrogen-bond acceptors (Lipinski definition) is 15. The monoisotopic (exact) mass is 1030 g/mol. The fourth-order valence-electron chi connectivity index (χ4n) is 6.01. The van der Waals surface area contributed by atoms with Crippen LogP contribution in [0.25, 0.3) is 0 Å². The molecule has 6 rings (SSSR count). The number of benzene rings is 6. The van der Waals surface area contributed by atoms with Crippen molar-refractivity contribution in [3.63, 3.8) is 0 Å². The van der Waals surface area contributed by atoms with E-state index >= 15 is 0 Å². The number of halogens is 3. The number of phenols is 2. The van der Waals surface area contributed by atoms with Gasteiger partial charge < -0.3 is 43.4 Å². The number of hydrogen-bond donors (Lipinski definition) is 2. The Morgan fingerprint density at radius 1 is 0.375 bits per heavy atom. The zero-order valence-electron chi connectivity index (χ0n) is 40.0. The third-order valence-corrected chi connectivity index (χ3v) is 9.61. The van der Waals surface area contributed by atoms with Crippen LogP contribution in [0.2, 0.25) is 15.1 Å². The van der Waals surface area contributed by atoms with Crippen molar-refractivity contribution >= 4 is 34.8 Å². The lowest BCUT2D eigenvalue weighted by atomic mass is 10.1. The van der Waals surface area contributed by atoms with E-state index in [2.05, 4.69) is 24.3 Å². The van der Waals surface area contributed by atoms with E-state index in [1.807, 2.05) is 55.4 Å². The van der Waals surface area contributed by atoms with Gasteiger partial charge in [-0.1, -0.05) is 34.8 Å². The Balaban J connectivity index is 0.000000237. The summed E-state index contributed by atoms with van der Waals surface area (Å²) in [7, 11) is 0. The highest BCUT2D eigenvalue weighted by Crippen LogP contribution is 2.45. The van der Waals surface area contributed by atoms with Crippen molar-refractivity contribution in [1.82, 2.24) is 0 Å². The van der Waals surface area contributed by atoms with E-state index in [1.54, 1.807) is 84.9 Å². The Kier molecular flexibility index (Phi) is 20.5. The van der Waals surface area contributed by atoms with Crippen LogP contribution in [0.15, 0.2) is 91.0 Å². The molecule has 0 heterocycles. The van der Waals surface area contributed by atoms with Gasteiger partial charge in [0.2, 0.25) is 0 Å². The van der Waals surface area contributed by atoms with Crippen molar-refractivity contribution in [2.45, 2.75) is 79.8 Å². The minimum Gasteiger partial charge on any atom is -0.504 e. The lowest BCUT2D eigenvalue weighted by Crippen LogP contribution is -2.13. The Morgan fingerprint density at radius 3 is 0.917 bits per heavy atom. The number of nitrogens with zero attached hydrogens (tertiary/aromatic N) is 6. The van der Waals surface area contributed by atoms with Crippen LogP contribution < -0.4 is 33.2 Å². The summed E-state index contributed by atoms with van der Waals surface area (Å²) >= 11 is 17.5. The summed E-state index contributed by atoms with van der Waals surface area (Å²) in [5.74, 6) is 1.41. The molecule has 6 aromatic carbocycles. The van der Waals surface area contributed by atoms with Crippen LogP contribution in [0, 0.1) is 68.0 Å². The van der Waals surface area contributed by atoms with Crippen LogP contribution in [0.3, 0.4) is 0 Å². The zero-order valence-corrected chi connectivity index (χ0v) is 42.3. The number of rotatable bonds is 14. The fourth-order valence-corrected chi connectivity index (χ4v) is 6.39. The van der Waals surface area contributed by atoms with Crippen LogP contribution in [-0.2, 0) is 0 Å². The molecule has 0 unspecified atom stereocenters. The van der Waals surface area contributed by atoms with Crippen molar-refractivity contribution in [3.8, 4) is 105 Å². The molecule has 0 fully saturated rings. The van der Waals surface area contributed by atoms with Crippen LogP contribution in [0.5, 0.6) is 69.0 Å². The quantitative estimate of drug-likeness (QED) is 0.0963. The van der Waals surface area contributed by atoms with Gasteiger partial charge in [0.1, 0.15) is 70.4 Å². The molecule has 0 bridgehead atoms. The van der Waals surface area contributed by atoms with Crippen molar-refractivity contribution < 1.29 is 43.4 Å². The molecule has 6 aromatic rings. The molecule has 0 aromatic heterocycles. The minimum atomic E-state index is -0.629. The van der Waals surface area contributed by atoms with Crippen molar-refractivity contribution in [2.75, 3.05) is 0 Å². The molecule has 0 aliphatic heterocycles. The molecule has 0 aliphatic rings. The highest BCUT2D eigenvalue weighted by molar-refractivity contribution is 6.31. The molecule has 72 heavy (non-hydrogen) atoms. The topological polar surface area (TPSA) is 248 Å². The van der Waals surface area contributed by atoms with E-state index in [1.165, 1.54) is 12.1 Å². The first-order valence-electron chi connectivity index (χ1n) is 21.7. The maximum Gasteiger partial charge on any atom is 0.183 e. The van der Waals surface area contributed by atoms with Gasteiger partial charge in [-0.05, 0) is 128 Å². The molecule has 0 aliphatic carbocycles. The Morgan fingerprint density at radius 2 is 0.653 bits per heavy atom. The SMILES string of the molecule is CC(C)Oc1cc(C#N)c(Oc2ccc(Cl)cc2)c(C#N)c1OC(C)C.CC(C)Oc1cc(C#N)c(Oc2ccc(Cl)cc2)c(C#N)c1OC(C)C.N#Cc1cc(O)c(O)c(C#N)c1Oc1ccc(Cl)cc1. The molecule has 0 atom stereocenters. The highest BCUT2D eigenvalue weighted by atomic mass is 35.5. The number of aromatic hydroxyl groups is 2. The second-order valence-corrected chi connectivity index (χ2v) is 17.2. The smallest absolute Gasteiger partial charge is 0.183 e. The summed E-state index contributed by atoms with van der Waals surface area (Å²) in [6.07, 6.45) is -0.669. The molecular weight excluding hydrogens is 983 g/mol. The Labute approximate surface area is 432 Å². The maximum absolute atomic E-state index is 9.72. The van der Waals surface area contributed by atoms with Gasteiger partial charge in [-0.2, -0.15) is 31.6 Å². The minimum absolute atomic E-state index is 0.0631. The van der Waals surface area contributed by atoms with Gasteiger partial charge in [0, 0.05) is 33.3 Å². The summed E-state index contributed by atoms with van der Waals surface area (Å²) in [6, 6.07) is 35.4. The molecule has 15 nitrogen and oxygen atoms in total. The summed E-state index contributed by atoms with van der Waals surface area (Å²) < 4.78 is 40.2. The van der Waals surface area contributed by atoms with Crippen LogP contribution >= 0.6 is 34.8 Å². The number of phenolic OH excluding ortho intramolecular Hbond substituents is 2. The molecular formula is C54H45Cl3N6O9. The summed E-state index contributed by atoms with van der Waals surface area (Å²) in [5, 5.41) is 77.3.